The average molecular weight is 326 g/mol. The molecule has 1 aliphatic carbocycles. The molecular weight excluding hydrogens is 308 g/mol. The third-order valence-corrected chi connectivity index (χ3v) is 4.17. The first-order chi connectivity index (χ1) is 11.5. The number of carbonyl (C=O) groups excluding carboxylic acids is 3. The van der Waals surface area contributed by atoms with Crippen molar-refractivity contribution in [2.45, 2.75) is 26.3 Å². The van der Waals surface area contributed by atoms with Gasteiger partial charge in [-0.1, -0.05) is 0 Å². The zero-order chi connectivity index (χ0) is 17.2. The number of amides is 2. The summed E-state index contributed by atoms with van der Waals surface area (Å²) in [6, 6.07) is 10.1. The van der Waals surface area contributed by atoms with E-state index in [0.29, 0.717) is 29.9 Å². The third kappa shape index (κ3) is 3.22. The van der Waals surface area contributed by atoms with Crippen LogP contribution in [0, 0.1) is 5.41 Å². The Bertz CT molecular complexity index is 759. The lowest BCUT2D eigenvalue weighted by Gasteiger charge is -2.15. The predicted octanol–water partition coefficient (Wildman–Crippen LogP) is 2.52. The summed E-state index contributed by atoms with van der Waals surface area (Å²) in [5.74, 6) is -0.0185. The maximum Gasteiger partial charge on any atom is 0.240 e. The molecule has 0 aliphatic heterocycles. The molecule has 1 aromatic carbocycles. The van der Waals surface area contributed by atoms with Gasteiger partial charge in [0.15, 0.2) is 5.78 Å². The predicted molar refractivity (Wildman–Crippen MR) is 87.3 cm³/mol. The highest BCUT2D eigenvalue weighted by molar-refractivity contribution is 6.13. The van der Waals surface area contributed by atoms with Crippen LogP contribution in [0.3, 0.4) is 0 Å². The molecule has 1 aliphatic rings. The minimum atomic E-state index is -1.01. The van der Waals surface area contributed by atoms with Gasteiger partial charge in [0.1, 0.15) is 11.2 Å². The van der Waals surface area contributed by atoms with Crippen LogP contribution in [-0.4, -0.2) is 17.6 Å². The second-order valence-corrected chi connectivity index (χ2v) is 5.93. The van der Waals surface area contributed by atoms with Crippen molar-refractivity contribution in [3.63, 3.8) is 0 Å². The summed E-state index contributed by atoms with van der Waals surface area (Å²) >= 11 is 0. The van der Waals surface area contributed by atoms with Crippen LogP contribution in [0.5, 0.6) is 0 Å². The van der Waals surface area contributed by atoms with Crippen molar-refractivity contribution in [1.82, 2.24) is 5.32 Å². The van der Waals surface area contributed by atoms with Gasteiger partial charge >= 0.3 is 0 Å². The SMILES string of the molecule is CC(=O)c1ccc(NC(=O)C2(C(=O)NCc3ccco3)CC2)cc1. The van der Waals surface area contributed by atoms with Crippen molar-refractivity contribution in [3.05, 3.63) is 54.0 Å². The maximum absolute atomic E-state index is 12.5. The largest absolute Gasteiger partial charge is 0.467 e. The molecule has 1 fully saturated rings. The number of ketones is 1. The summed E-state index contributed by atoms with van der Waals surface area (Å²) in [6.45, 7) is 1.74. The number of anilines is 1. The average Bonchev–Trinajstić information content (AvgIpc) is 3.23. The van der Waals surface area contributed by atoms with Crippen LogP contribution in [0.1, 0.15) is 35.9 Å². The van der Waals surface area contributed by atoms with E-state index in [2.05, 4.69) is 10.6 Å². The molecular formula is C18H18N2O4. The molecule has 6 heteroatoms. The summed E-state index contributed by atoms with van der Waals surface area (Å²) in [7, 11) is 0. The lowest BCUT2D eigenvalue weighted by Crippen LogP contribution is -2.39. The molecule has 124 valence electrons. The first kappa shape index (κ1) is 16.0. The zero-order valence-electron chi connectivity index (χ0n) is 13.3. The second-order valence-electron chi connectivity index (χ2n) is 5.93. The maximum atomic E-state index is 12.5. The van der Waals surface area contributed by atoms with Crippen LogP contribution in [0.4, 0.5) is 5.69 Å². The van der Waals surface area contributed by atoms with E-state index >= 15 is 0 Å². The molecule has 3 rings (SSSR count). The molecule has 0 spiro atoms. The highest BCUT2D eigenvalue weighted by Gasteiger charge is 2.56. The molecule has 1 aromatic heterocycles. The lowest BCUT2D eigenvalue weighted by molar-refractivity contribution is -0.134. The minimum Gasteiger partial charge on any atom is -0.467 e. The molecule has 6 nitrogen and oxygen atoms in total. The summed E-state index contributed by atoms with van der Waals surface area (Å²) in [4.78, 5) is 36.1. The molecule has 1 saturated carbocycles. The lowest BCUT2D eigenvalue weighted by atomic mass is 10.0. The molecule has 2 aromatic rings. The van der Waals surface area contributed by atoms with E-state index in [9.17, 15) is 14.4 Å². The van der Waals surface area contributed by atoms with Crippen LogP contribution < -0.4 is 10.6 Å². The van der Waals surface area contributed by atoms with E-state index in [1.165, 1.54) is 13.2 Å². The molecule has 2 amide bonds. The fourth-order valence-electron chi connectivity index (χ4n) is 2.47. The number of benzene rings is 1. The summed E-state index contributed by atoms with van der Waals surface area (Å²) < 4.78 is 5.16. The van der Waals surface area contributed by atoms with Crippen molar-refractivity contribution in [3.8, 4) is 0 Å². The Morgan fingerprint density at radius 1 is 1.08 bits per heavy atom. The van der Waals surface area contributed by atoms with Gasteiger partial charge in [-0.25, -0.2) is 0 Å². The monoisotopic (exact) mass is 326 g/mol. The Hall–Kier alpha value is -2.89. The normalized spacial score (nSPS) is 14.7. The van der Waals surface area contributed by atoms with Gasteiger partial charge in [-0.2, -0.15) is 0 Å². The van der Waals surface area contributed by atoms with Crippen LogP contribution in [0.2, 0.25) is 0 Å². The number of furan rings is 1. The minimum absolute atomic E-state index is 0.0381. The molecule has 0 unspecified atom stereocenters. The standard InChI is InChI=1S/C18H18N2O4/c1-12(21)13-4-6-14(7-5-13)20-17(23)18(8-9-18)16(22)19-11-15-3-2-10-24-15/h2-7,10H,8-9,11H2,1H3,(H,19,22)(H,20,23). The fourth-order valence-corrected chi connectivity index (χ4v) is 2.47. The van der Waals surface area contributed by atoms with Gasteiger partial charge in [-0.3, -0.25) is 14.4 Å². The summed E-state index contributed by atoms with van der Waals surface area (Å²) in [6.07, 6.45) is 2.58. The van der Waals surface area contributed by atoms with Crippen molar-refractivity contribution in [1.29, 1.82) is 0 Å². The van der Waals surface area contributed by atoms with Crippen molar-refractivity contribution in [2.75, 3.05) is 5.32 Å². The molecule has 0 saturated heterocycles. The Labute approximate surface area is 139 Å². The molecule has 24 heavy (non-hydrogen) atoms. The van der Waals surface area contributed by atoms with Crippen molar-refractivity contribution < 1.29 is 18.8 Å². The van der Waals surface area contributed by atoms with E-state index < -0.39 is 5.41 Å². The highest BCUT2D eigenvalue weighted by atomic mass is 16.3. The number of hydrogen-bond acceptors (Lipinski definition) is 4. The van der Waals surface area contributed by atoms with Gasteiger partial charge in [0.2, 0.25) is 11.8 Å². The Morgan fingerprint density at radius 2 is 1.79 bits per heavy atom. The van der Waals surface area contributed by atoms with Gasteiger partial charge in [0, 0.05) is 11.3 Å². The van der Waals surface area contributed by atoms with Gasteiger partial charge < -0.3 is 15.1 Å². The number of Topliss-reactive ketones (excluding diaryl/α,β-unsaturated/α-hetero) is 1. The van der Waals surface area contributed by atoms with E-state index in [-0.39, 0.29) is 24.1 Å². The molecule has 0 bridgehead atoms. The quantitative estimate of drug-likeness (QED) is 0.630. The summed E-state index contributed by atoms with van der Waals surface area (Å²) in [5, 5.41) is 5.49. The van der Waals surface area contributed by atoms with Gasteiger partial charge in [-0.15, -0.1) is 0 Å². The number of carbonyl (C=O) groups is 3. The van der Waals surface area contributed by atoms with E-state index in [1.807, 2.05) is 0 Å². The molecule has 0 radical (unpaired) electrons. The highest BCUT2D eigenvalue weighted by Crippen LogP contribution is 2.46. The third-order valence-electron chi connectivity index (χ3n) is 4.17. The van der Waals surface area contributed by atoms with Crippen LogP contribution in [-0.2, 0) is 16.1 Å². The van der Waals surface area contributed by atoms with Gasteiger partial charge in [0.25, 0.3) is 0 Å². The van der Waals surface area contributed by atoms with Crippen LogP contribution >= 0.6 is 0 Å². The first-order valence-electron chi connectivity index (χ1n) is 7.74. The molecule has 0 atom stereocenters. The van der Waals surface area contributed by atoms with Crippen molar-refractivity contribution >= 4 is 23.3 Å². The summed E-state index contributed by atoms with van der Waals surface area (Å²) in [5.41, 5.74) is 0.131. The zero-order valence-corrected chi connectivity index (χ0v) is 13.3. The Balaban J connectivity index is 1.61. The second kappa shape index (κ2) is 6.31. The Kier molecular flexibility index (Phi) is 4.20. The van der Waals surface area contributed by atoms with Crippen LogP contribution in [0.15, 0.2) is 47.1 Å². The smallest absolute Gasteiger partial charge is 0.240 e. The number of hydrogen-bond donors (Lipinski definition) is 2. The van der Waals surface area contributed by atoms with Crippen molar-refractivity contribution in [2.24, 2.45) is 5.41 Å². The fraction of sp³-hybridized carbons (Fsp3) is 0.278. The van der Waals surface area contributed by atoms with E-state index in [4.69, 9.17) is 4.42 Å². The molecule has 2 N–H and O–H groups in total. The topological polar surface area (TPSA) is 88.4 Å². The van der Waals surface area contributed by atoms with Gasteiger partial charge in [0.05, 0.1) is 12.8 Å². The van der Waals surface area contributed by atoms with Crippen LogP contribution in [0.25, 0.3) is 0 Å². The van der Waals surface area contributed by atoms with E-state index in [0.717, 1.165) is 0 Å². The first-order valence-corrected chi connectivity index (χ1v) is 7.74. The van der Waals surface area contributed by atoms with Gasteiger partial charge in [-0.05, 0) is 56.2 Å². The van der Waals surface area contributed by atoms with E-state index in [1.54, 1.807) is 36.4 Å². The molecule has 1 heterocycles. The Morgan fingerprint density at radius 3 is 2.33 bits per heavy atom. The number of rotatable bonds is 6. The number of nitrogens with one attached hydrogen (secondary N) is 2.